The molecule has 0 radical (unpaired) electrons. The number of hydrogen-bond acceptors (Lipinski definition) is 5. The topological polar surface area (TPSA) is 55.6 Å². The molecule has 0 aromatic carbocycles. The highest BCUT2D eigenvalue weighted by atomic mass is 32.1. The van der Waals surface area contributed by atoms with E-state index in [2.05, 4.69) is 44.3 Å². The van der Waals surface area contributed by atoms with E-state index in [4.69, 9.17) is 0 Å². The number of thiazole rings is 1. The highest BCUT2D eigenvalue weighted by Gasteiger charge is 2.19. The summed E-state index contributed by atoms with van der Waals surface area (Å²) >= 11 is 1.74. The van der Waals surface area contributed by atoms with Crippen LogP contribution in [0.3, 0.4) is 0 Å². The Morgan fingerprint density at radius 1 is 1.40 bits per heavy atom. The Morgan fingerprint density at radius 2 is 2.30 bits per heavy atom. The minimum absolute atomic E-state index is 0.209. The summed E-state index contributed by atoms with van der Waals surface area (Å²) in [7, 11) is 0. The van der Waals surface area contributed by atoms with Crippen LogP contribution in [0.1, 0.15) is 55.1 Å². The first kappa shape index (κ1) is 13.7. The van der Waals surface area contributed by atoms with Crippen LogP contribution in [0.5, 0.6) is 0 Å². The lowest BCUT2D eigenvalue weighted by molar-refractivity contribution is 0.464. The molecule has 1 N–H and O–H groups in total. The Labute approximate surface area is 123 Å². The molecule has 2 aromatic rings. The van der Waals surface area contributed by atoms with Gasteiger partial charge in [0, 0.05) is 24.9 Å². The van der Waals surface area contributed by atoms with Crippen LogP contribution in [0.15, 0.2) is 5.38 Å². The van der Waals surface area contributed by atoms with Crippen LogP contribution < -0.4 is 5.32 Å². The second-order valence-corrected chi connectivity index (χ2v) is 6.21. The molecule has 0 fully saturated rings. The van der Waals surface area contributed by atoms with Gasteiger partial charge in [-0.25, -0.2) is 4.98 Å². The first-order valence-electron chi connectivity index (χ1n) is 7.36. The van der Waals surface area contributed by atoms with E-state index >= 15 is 0 Å². The minimum atomic E-state index is 0.209. The highest BCUT2D eigenvalue weighted by molar-refractivity contribution is 7.09. The second-order valence-electron chi connectivity index (χ2n) is 5.27. The first-order chi connectivity index (χ1) is 9.78. The van der Waals surface area contributed by atoms with Gasteiger partial charge < -0.3 is 9.88 Å². The predicted octanol–water partition coefficient (Wildman–Crippen LogP) is 2.48. The average molecular weight is 291 g/mol. The van der Waals surface area contributed by atoms with Gasteiger partial charge in [-0.2, -0.15) is 0 Å². The number of aromatic nitrogens is 4. The fourth-order valence-electron chi connectivity index (χ4n) is 2.59. The van der Waals surface area contributed by atoms with Crippen molar-refractivity contribution in [2.45, 2.75) is 58.7 Å². The third kappa shape index (κ3) is 2.76. The van der Waals surface area contributed by atoms with Gasteiger partial charge in [0.1, 0.15) is 11.6 Å². The Bertz CT molecular complexity index is 574. The molecule has 0 saturated carbocycles. The maximum Gasteiger partial charge on any atom is 0.149 e. The zero-order valence-corrected chi connectivity index (χ0v) is 12.9. The number of fused-ring (bicyclic) bond motifs is 1. The predicted molar refractivity (Wildman–Crippen MR) is 79.7 cm³/mol. The van der Waals surface area contributed by atoms with Crippen molar-refractivity contribution in [2.75, 3.05) is 0 Å². The summed E-state index contributed by atoms with van der Waals surface area (Å²) in [5, 5.41) is 15.5. The van der Waals surface area contributed by atoms with Gasteiger partial charge in [-0.3, -0.25) is 0 Å². The van der Waals surface area contributed by atoms with E-state index in [1.54, 1.807) is 11.3 Å². The Hall–Kier alpha value is -1.27. The summed E-state index contributed by atoms with van der Waals surface area (Å²) in [6.45, 7) is 6.14. The van der Waals surface area contributed by atoms with E-state index in [0.29, 0.717) is 0 Å². The third-order valence-corrected chi connectivity index (χ3v) is 4.81. The summed E-state index contributed by atoms with van der Waals surface area (Å²) in [4.78, 5) is 4.58. The van der Waals surface area contributed by atoms with Crippen molar-refractivity contribution in [3.8, 4) is 0 Å². The van der Waals surface area contributed by atoms with E-state index in [1.807, 2.05) is 0 Å². The number of nitrogens with zero attached hydrogens (tertiary/aromatic N) is 4. The van der Waals surface area contributed by atoms with Crippen LogP contribution in [0.4, 0.5) is 0 Å². The summed E-state index contributed by atoms with van der Waals surface area (Å²) in [5.41, 5.74) is 1.12. The quantitative estimate of drug-likeness (QED) is 0.919. The third-order valence-electron chi connectivity index (χ3n) is 3.77. The molecular formula is C14H21N5S. The molecule has 1 atom stereocenters. The molecule has 5 nitrogen and oxygen atoms in total. The van der Waals surface area contributed by atoms with Crippen molar-refractivity contribution < 1.29 is 0 Å². The van der Waals surface area contributed by atoms with Crippen molar-refractivity contribution >= 4 is 11.3 Å². The van der Waals surface area contributed by atoms with Gasteiger partial charge in [-0.1, -0.05) is 6.92 Å². The Morgan fingerprint density at radius 3 is 3.10 bits per heavy atom. The van der Waals surface area contributed by atoms with Crippen molar-refractivity contribution in [1.82, 2.24) is 25.1 Å². The lowest BCUT2D eigenvalue weighted by Crippen LogP contribution is -2.23. The standard InChI is InChI=1S/C14H21N5S/c1-3-13-16-11(9-20-13)8-15-10(2)14-18-17-12-6-4-5-7-19(12)14/h9-10,15H,3-8H2,1-2H3/t10-/m1/s1. The van der Waals surface area contributed by atoms with Gasteiger partial charge in [-0.05, 0) is 26.2 Å². The molecule has 3 heterocycles. The van der Waals surface area contributed by atoms with Gasteiger partial charge in [0.2, 0.25) is 0 Å². The van der Waals surface area contributed by atoms with Gasteiger partial charge in [0.25, 0.3) is 0 Å². The number of rotatable bonds is 5. The summed E-state index contributed by atoms with van der Waals surface area (Å²) in [5.74, 6) is 2.20. The van der Waals surface area contributed by atoms with Gasteiger partial charge in [0.05, 0.1) is 16.7 Å². The molecule has 0 unspecified atom stereocenters. The van der Waals surface area contributed by atoms with Crippen LogP contribution in [-0.2, 0) is 25.9 Å². The van der Waals surface area contributed by atoms with Crippen molar-refractivity contribution in [2.24, 2.45) is 0 Å². The van der Waals surface area contributed by atoms with Crippen LogP contribution >= 0.6 is 11.3 Å². The Balaban J connectivity index is 1.64. The maximum atomic E-state index is 4.58. The van der Waals surface area contributed by atoms with Gasteiger partial charge in [0.15, 0.2) is 0 Å². The molecule has 3 rings (SSSR count). The van der Waals surface area contributed by atoms with E-state index in [9.17, 15) is 0 Å². The zero-order chi connectivity index (χ0) is 13.9. The largest absolute Gasteiger partial charge is 0.314 e. The van der Waals surface area contributed by atoms with E-state index < -0.39 is 0 Å². The average Bonchev–Trinajstić information content (AvgIpc) is 3.11. The van der Waals surface area contributed by atoms with E-state index in [0.717, 1.165) is 43.3 Å². The van der Waals surface area contributed by atoms with Gasteiger partial charge >= 0.3 is 0 Å². The number of nitrogens with one attached hydrogen (secondary N) is 1. The molecule has 0 spiro atoms. The van der Waals surface area contributed by atoms with Crippen LogP contribution in [0.25, 0.3) is 0 Å². The molecule has 0 saturated heterocycles. The normalized spacial score (nSPS) is 16.1. The van der Waals surface area contributed by atoms with Crippen LogP contribution in [0.2, 0.25) is 0 Å². The lowest BCUT2D eigenvalue weighted by atomic mass is 10.1. The molecule has 0 aliphatic carbocycles. The summed E-state index contributed by atoms with van der Waals surface area (Å²) in [6.07, 6.45) is 4.54. The molecule has 1 aliphatic heterocycles. The molecule has 0 amide bonds. The monoisotopic (exact) mass is 291 g/mol. The fraction of sp³-hybridized carbons (Fsp3) is 0.643. The SMILES string of the molecule is CCc1nc(CN[C@H](C)c2nnc3n2CCCC3)cs1. The van der Waals surface area contributed by atoms with Crippen molar-refractivity contribution in [1.29, 1.82) is 0 Å². The molecule has 108 valence electrons. The summed E-state index contributed by atoms with van der Waals surface area (Å²) < 4.78 is 2.28. The molecular weight excluding hydrogens is 270 g/mol. The minimum Gasteiger partial charge on any atom is -0.314 e. The van der Waals surface area contributed by atoms with Crippen LogP contribution in [0, 0.1) is 0 Å². The zero-order valence-electron chi connectivity index (χ0n) is 12.1. The molecule has 2 aromatic heterocycles. The molecule has 1 aliphatic rings. The molecule has 6 heteroatoms. The smallest absolute Gasteiger partial charge is 0.149 e. The first-order valence-corrected chi connectivity index (χ1v) is 8.24. The molecule has 0 bridgehead atoms. The summed E-state index contributed by atoms with van der Waals surface area (Å²) in [6, 6.07) is 0.209. The molecule has 20 heavy (non-hydrogen) atoms. The number of aryl methyl sites for hydroxylation is 2. The van der Waals surface area contributed by atoms with E-state index in [1.165, 1.54) is 17.8 Å². The maximum absolute atomic E-state index is 4.58. The fourth-order valence-corrected chi connectivity index (χ4v) is 3.34. The number of hydrogen-bond donors (Lipinski definition) is 1. The second kappa shape index (κ2) is 6.01. The van der Waals surface area contributed by atoms with Crippen molar-refractivity contribution in [3.05, 3.63) is 27.7 Å². The highest BCUT2D eigenvalue weighted by Crippen LogP contribution is 2.19. The Kier molecular flexibility index (Phi) is 4.12. The van der Waals surface area contributed by atoms with Crippen molar-refractivity contribution in [3.63, 3.8) is 0 Å². The van der Waals surface area contributed by atoms with Crippen LogP contribution in [-0.4, -0.2) is 19.7 Å². The van der Waals surface area contributed by atoms with E-state index in [-0.39, 0.29) is 6.04 Å². The lowest BCUT2D eigenvalue weighted by Gasteiger charge is -2.18. The van der Waals surface area contributed by atoms with Gasteiger partial charge in [-0.15, -0.1) is 21.5 Å².